The lowest BCUT2D eigenvalue weighted by Gasteiger charge is -2.31. The molecule has 26 heavy (non-hydrogen) atoms. The second-order valence-corrected chi connectivity index (χ2v) is 6.94. The molecular weight excluding hydrogens is 328 g/mol. The van der Waals surface area contributed by atoms with Gasteiger partial charge in [0, 0.05) is 24.7 Å². The number of piperidine rings is 1. The second kappa shape index (κ2) is 8.99. The zero-order chi connectivity index (χ0) is 18.4. The van der Waals surface area contributed by atoms with Crippen molar-refractivity contribution in [2.75, 3.05) is 26.7 Å². The summed E-state index contributed by atoms with van der Waals surface area (Å²) < 4.78 is 11.1. The van der Waals surface area contributed by atoms with E-state index in [0.717, 1.165) is 49.0 Å². The van der Waals surface area contributed by atoms with Crippen LogP contribution in [-0.4, -0.2) is 48.7 Å². The summed E-state index contributed by atoms with van der Waals surface area (Å²) in [6, 6.07) is 8.46. The summed E-state index contributed by atoms with van der Waals surface area (Å²) in [5.74, 6) is 0.712. The number of hydrogen-bond acceptors (Lipinski definition) is 5. The number of unbranched alkanes of at least 4 members (excludes halogenated alkanes) is 1. The van der Waals surface area contributed by atoms with Crippen LogP contribution in [-0.2, 0) is 16.0 Å². The van der Waals surface area contributed by atoms with Crippen LogP contribution < -0.4 is 4.74 Å². The lowest BCUT2D eigenvalue weighted by atomic mass is 10.0. The van der Waals surface area contributed by atoms with Crippen LogP contribution in [0.15, 0.2) is 30.5 Å². The molecule has 5 heteroatoms. The summed E-state index contributed by atoms with van der Waals surface area (Å²) in [4.78, 5) is 18.1. The number of aromatic nitrogens is 1. The maximum absolute atomic E-state index is 11.4. The van der Waals surface area contributed by atoms with E-state index < -0.39 is 0 Å². The molecule has 1 aliphatic rings. The molecule has 3 rings (SSSR count). The largest absolute Gasteiger partial charge is 0.488 e. The van der Waals surface area contributed by atoms with Gasteiger partial charge in [-0.25, -0.2) is 0 Å². The van der Waals surface area contributed by atoms with E-state index in [1.807, 2.05) is 12.3 Å². The van der Waals surface area contributed by atoms with Gasteiger partial charge >= 0.3 is 5.97 Å². The Kier molecular flexibility index (Phi) is 6.45. The number of esters is 1. The molecule has 1 aliphatic heterocycles. The fourth-order valence-corrected chi connectivity index (χ4v) is 3.45. The number of hydrogen-bond donors (Lipinski definition) is 0. The van der Waals surface area contributed by atoms with Crippen molar-refractivity contribution >= 4 is 16.9 Å². The molecule has 0 saturated carbocycles. The van der Waals surface area contributed by atoms with Gasteiger partial charge in [0.25, 0.3) is 0 Å². The predicted molar refractivity (Wildman–Crippen MR) is 102 cm³/mol. The van der Waals surface area contributed by atoms with Crippen molar-refractivity contribution in [3.8, 4) is 5.75 Å². The van der Waals surface area contributed by atoms with E-state index >= 15 is 0 Å². The standard InChI is InChI=1S/C21H28N2O3/c1-3-4-6-16-13-17-7-5-10-22-21(17)19(14-16)26-18-8-11-23(12-9-18)15-20(24)25-2/h5,7,10,13-14,18H,3-4,6,8-9,11-12,15H2,1-2H3. The molecule has 0 unspecified atom stereocenters. The number of ether oxygens (including phenoxy) is 2. The molecule has 1 saturated heterocycles. The van der Waals surface area contributed by atoms with E-state index in [0.29, 0.717) is 6.54 Å². The fourth-order valence-electron chi connectivity index (χ4n) is 3.45. The number of pyridine rings is 1. The third kappa shape index (κ3) is 4.73. The van der Waals surface area contributed by atoms with Gasteiger partial charge in [-0.3, -0.25) is 14.7 Å². The smallest absolute Gasteiger partial charge is 0.319 e. The van der Waals surface area contributed by atoms with Gasteiger partial charge in [-0.15, -0.1) is 0 Å². The highest BCUT2D eigenvalue weighted by molar-refractivity contribution is 5.85. The van der Waals surface area contributed by atoms with E-state index in [-0.39, 0.29) is 12.1 Å². The van der Waals surface area contributed by atoms with E-state index in [2.05, 4.69) is 35.0 Å². The molecule has 0 amide bonds. The van der Waals surface area contributed by atoms with Crippen LogP contribution in [0.4, 0.5) is 0 Å². The van der Waals surface area contributed by atoms with Crippen LogP contribution in [0.3, 0.4) is 0 Å². The van der Waals surface area contributed by atoms with E-state index in [4.69, 9.17) is 9.47 Å². The maximum atomic E-state index is 11.4. The lowest BCUT2D eigenvalue weighted by Crippen LogP contribution is -2.41. The van der Waals surface area contributed by atoms with Crippen molar-refractivity contribution in [2.24, 2.45) is 0 Å². The minimum Gasteiger partial charge on any atom is -0.488 e. The third-order valence-electron chi connectivity index (χ3n) is 4.96. The number of fused-ring (bicyclic) bond motifs is 1. The first-order valence-corrected chi connectivity index (χ1v) is 9.53. The highest BCUT2D eigenvalue weighted by Crippen LogP contribution is 2.29. The number of rotatable bonds is 7. The van der Waals surface area contributed by atoms with Crippen LogP contribution in [0.25, 0.3) is 10.9 Å². The highest BCUT2D eigenvalue weighted by Gasteiger charge is 2.23. The monoisotopic (exact) mass is 356 g/mol. The lowest BCUT2D eigenvalue weighted by molar-refractivity contribution is -0.142. The zero-order valence-corrected chi connectivity index (χ0v) is 15.7. The molecule has 0 aliphatic carbocycles. The fraction of sp³-hybridized carbons (Fsp3) is 0.524. The number of nitrogens with zero attached hydrogens (tertiary/aromatic N) is 2. The summed E-state index contributed by atoms with van der Waals surface area (Å²) in [5, 5.41) is 1.14. The average molecular weight is 356 g/mol. The van der Waals surface area contributed by atoms with Gasteiger partial charge < -0.3 is 9.47 Å². The SMILES string of the molecule is CCCCc1cc(OC2CCN(CC(=O)OC)CC2)c2ncccc2c1. The average Bonchev–Trinajstić information content (AvgIpc) is 2.67. The Morgan fingerprint density at radius 3 is 2.85 bits per heavy atom. The van der Waals surface area contributed by atoms with Crippen molar-refractivity contribution in [1.82, 2.24) is 9.88 Å². The third-order valence-corrected chi connectivity index (χ3v) is 4.96. The van der Waals surface area contributed by atoms with Gasteiger partial charge in [-0.2, -0.15) is 0 Å². The van der Waals surface area contributed by atoms with Crippen molar-refractivity contribution in [3.05, 3.63) is 36.0 Å². The Morgan fingerprint density at radius 2 is 2.12 bits per heavy atom. The number of carbonyl (C=O) groups excluding carboxylic acids is 1. The van der Waals surface area contributed by atoms with Crippen LogP contribution in [0.1, 0.15) is 38.2 Å². The number of benzene rings is 1. The minimum atomic E-state index is -0.178. The van der Waals surface area contributed by atoms with Gasteiger partial charge in [-0.1, -0.05) is 19.4 Å². The zero-order valence-electron chi connectivity index (χ0n) is 15.7. The topological polar surface area (TPSA) is 51.7 Å². The second-order valence-electron chi connectivity index (χ2n) is 6.94. The molecular formula is C21H28N2O3. The normalized spacial score (nSPS) is 15.9. The molecule has 1 aromatic heterocycles. The minimum absolute atomic E-state index is 0.163. The van der Waals surface area contributed by atoms with Crippen LogP contribution in [0, 0.1) is 0 Å². The summed E-state index contributed by atoms with van der Waals surface area (Å²) in [6.45, 7) is 4.27. The Bertz CT molecular complexity index is 739. The number of methoxy groups -OCH3 is 1. The summed E-state index contributed by atoms with van der Waals surface area (Å²) in [6.07, 6.45) is 7.22. The van der Waals surface area contributed by atoms with Gasteiger partial charge in [-0.05, 0) is 49.4 Å². The molecule has 140 valence electrons. The van der Waals surface area contributed by atoms with E-state index in [9.17, 15) is 4.79 Å². The van der Waals surface area contributed by atoms with Crippen molar-refractivity contribution in [2.45, 2.75) is 45.1 Å². The molecule has 2 heterocycles. The number of carbonyl (C=O) groups is 1. The molecule has 0 spiro atoms. The quantitative estimate of drug-likeness (QED) is 0.710. The Hall–Kier alpha value is -2.14. The van der Waals surface area contributed by atoms with Gasteiger partial charge in [0.2, 0.25) is 0 Å². The first-order chi connectivity index (χ1) is 12.7. The number of likely N-dealkylation sites (tertiary alicyclic amines) is 1. The van der Waals surface area contributed by atoms with Crippen molar-refractivity contribution in [3.63, 3.8) is 0 Å². The van der Waals surface area contributed by atoms with E-state index in [1.54, 1.807) is 0 Å². The van der Waals surface area contributed by atoms with Gasteiger partial charge in [0.15, 0.2) is 0 Å². The van der Waals surface area contributed by atoms with Gasteiger partial charge in [0.1, 0.15) is 17.4 Å². The molecule has 0 bridgehead atoms. The molecule has 0 N–H and O–H groups in total. The molecule has 1 aromatic carbocycles. The highest BCUT2D eigenvalue weighted by atomic mass is 16.5. The van der Waals surface area contributed by atoms with Crippen molar-refractivity contribution < 1.29 is 14.3 Å². The Balaban J connectivity index is 1.69. The summed E-state index contributed by atoms with van der Waals surface area (Å²) in [5.41, 5.74) is 2.25. The van der Waals surface area contributed by atoms with Crippen LogP contribution in [0.2, 0.25) is 0 Å². The Morgan fingerprint density at radius 1 is 1.31 bits per heavy atom. The van der Waals surface area contributed by atoms with Crippen LogP contribution in [0.5, 0.6) is 5.75 Å². The number of aryl methyl sites for hydroxylation is 1. The molecule has 5 nitrogen and oxygen atoms in total. The Labute approximate surface area is 155 Å². The van der Waals surface area contributed by atoms with E-state index in [1.165, 1.54) is 25.5 Å². The first kappa shape index (κ1) is 18.6. The maximum Gasteiger partial charge on any atom is 0.319 e. The van der Waals surface area contributed by atoms with Gasteiger partial charge in [0.05, 0.1) is 13.7 Å². The molecule has 0 radical (unpaired) electrons. The summed E-state index contributed by atoms with van der Waals surface area (Å²) >= 11 is 0. The predicted octanol–water partition coefficient (Wildman–Crippen LogP) is 3.59. The molecule has 2 aromatic rings. The molecule has 1 fully saturated rings. The molecule has 0 atom stereocenters. The van der Waals surface area contributed by atoms with Crippen molar-refractivity contribution in [1.29, 1.82) is 0 Å². The van der Waals surface area contributed by atoms with Crippen LogP contribution >= 0.6 is 0 Å². The first-order valence-electron chi connectivity index (χ1n) is 9.53. The summed E-state index contributed by atoms with van der Waals surface area (Å²) in [7, 11) is 1.43.